The zero-order valence-corrected chi connectivity index (χ0v) is 13.2. The summed E-state index contributed by atoms with van der Waals surface area (Å²) in [6.45, 7) is -1.21. The molecule has 2 rings (SSSR count). The molecule has 0 saturated carbocycles. The monoisotopic (exact) mass is 344 g/mol. The predicted molar refractivity (Wildman–Crippen MR) is 80.2 cm³/mol. The van der Waals surface area contributed by atoms with Crippen LogP contribution in [0.25, 0.3) is 0 Å². The molecule has 1 unspecified atom stereocenters. The molecule has 1 aliphatic rings. The Hall–Kier alpha value is -2.25. The Labute approximate surface area is 137 Å². The summed E-state index contributed by atoms with van der Waals surface area (Å²) >= 11 is 0. The van der Waals surface area contributed by atoms with Crippen LogP contribution in [-0.4, -0.2) is 42.6 Å². The highest BCUT2D eigenvalue weighted by atomic mass is 19.4. The van der Waals surface area contributed by atoms with E-state index in [1.165, 1.54) is 17.0 Å². The second-order valence-corrected chi connectivity index (χ2v) is 5.68. The molecule has 1 saturated heterocycles. The number of rotatable bonds is 5. The number of piperidine rings is 1. The highest BCUT2D eigenvalue weighted by molar-refractivity contribution is 5.88. The van der Waals surface area contributed by atoms with Crippen molar-refractivity contribution in [3.8, 4) is 5.75 Å². The van der Waals surface area contributed by atoms with E-state index in [1.807, 2.05) is 0 Å². The summed E-state index contributed by atoms with van der Waals surface area (Å²) in [5, 5.41) is 2.71. The molecule has 1 N–H and O–H groups in total. The van der Waals surface area contributed by atoms with Gasteiger partial charge in [0, 0.05) is 20.0 Å². The number of carbonyl (C=O) groups is 2. The molecule has 24 heavy (non-hydrogen) atoms. The molecule has 1 aromatic carbocycles. The lowest BCUT2D eigenvalue weighted by molar-refractivity contribution is -0.153. The summed E-state index contributed by atoms with van der Waals surface area (Å²) in [5.74, 6) is -0.250. The Morgan fingerprint density at radius 1 is 1.42 bits per heavy atom. The van der Waals surface area contributed by atoms with Crippen molar-refractivity contribution in [2.75, 3.05) is 13.7 Å². The van der Waals surface area contributed by atoms with Crippen LogP contribution in [0.1, 0.15) is 24.8 Å². The number of nitrogens with one attached hydrogen (secondary N) is 1. The number of hydrogen-bond donors (Lipinski definition) is 1. The van der Waals surface area contributed by atoms with E-state index in [9.17, 15) is 22.8 Å². The van der Waals surface area contributed by atoms with E-state index in [0.717, 1.165) is 0 Å². The average Bonchev–Trinajstić information content (AvgIpc) is 2.53. The fourth-order valence-electron chi connectivity index (χ4n) is 2.51. The zero-order chi connectivity index (χ0) is 17.7. The lowest BCUT2D eigenvalue weighted by Crippen LogP contribution is -2.49. The lowest BCUT2D eigenvalue weighted by Gasteiger charge is -2.31. The smallest absolute Gasteiger partial charge is 0.422 e. The minimum Gasteiger partial charge on any atom is -0.484 e. The minimum absolute atomic E-state index is 0.0658. The van der Waals surface area contributed by atoms with Gasteiger partial charge in [-0.25, -0.2) is 0 Å². The van der Waals surface area contributed by atoms with Crippen molar-refractivity contribution in [2.24, 2.45) is 0 Å². The second kappa shape index (κ2) is 7.55. The summed E-state index contributed by atoms with van der Waals surface area (Å²) in [4.78, 5) is 25.2. The molecule has 1 heterocycles. The number of hydrogen-bond acceptors (Lipinski definition) is 3. The van der Waals surface area contributed by atoms with E-state index in [1.54, 1.807) is 19.2 Å². The van der Waals surface area contributed by atoms with E-state index in [0.29, 0.717) is 24.8 Å². The molecule has 1 aliphatic heterocycles. The minimum atomic E-state index is -4.40. The van der Waals surface area contributed by atoms with Gasteiger partial charge in [-0.15, -0.1) is 0 Å². The first-order chi connectivity index (χ1) is 11.3. The van der Waals surface area contributed by atoms with Gasteiger partial charge in [0.25, 0.3) is 0 Å². The summed E-state index contributed by atoms with van der Waals surface area (Å²) in [6.07, 6.45) is -2.69. The fraction of sp³-hybridized carbons (Fsp3) is 0.500. The van der Waals surface area contributed by atoms with Crippen LogP contribution in [-0.2, 0) is 16.1 Å². The highest BCUT2D eigenvalue weighted by Gasteiger charge is 2.30. The van der Waals surface area contributed by atoms with Crippen molar-refractivity contribution >= 4 is 11.8 Å². The van der Waals surface area contributed by atoms with Gasteiger partial charge in [0.15, 0.2) is 6.61 Å². The third-order valence-corrected chi connectivity index (χ3v) is 3.80. The summed E-state index contributed by atoms with van der Waals surface area (Å²) < 4.78 is 41.1. The van der Waals surface area contributed by atoms with E-state index in [2.05, 4.69) is 10.1 Å². The van der Waals surface area contributed by atoms with Gasteiger partial charge in [0.05, 0.1) is 0 Å². The van der Waals surface area contributed by atoms with Crippen LogP contribution in [0.4, 0.5) is 13.2 Å². The third kappa shape index (κ3) is 5.14. The largest absolute Gasteiger partial charge is 0.484 e. The number of likely N-dealkylation sites (N-methyl/N-ethyl adjacent to an activating group) is 1. The van der Waals surface area contributed by atoms with Gasteiger partial charge in [-0.2, -0.15) is 13.2 Å². The number of halogens is 3. The normalized spacial score (nSPS) is 18.4. The molecule has 0 aromatic heterocycles. The van der Waals surface area contributed by atoms with E-state index < -0.39 is 18.8 Å². The van der Waals surface area contributed by atoms with Gasteiger partial charge in [0.2, 0.25) is 11.8 Å². The van der Waals surface area contributed by atoms with Gasteiger partial charge in [-0.05, 0) is 30.5 Å². The molecular formula is C16H19F3N2O3. The topological polar surface area (TPSA) is 58.6 Å². The molecule has 1 atom stereocenters. The van der Waals surface area contributed by atoms with Crippen molar-refractivity contribution in [1.29, 1.82) is 0 Å². The first kappa shape index (κ1) is 18.1. The number of alkyl halides is 3. The molecule has 2 amide bonds. The standard InChI is InChI=1S/C16H19F3N2O3/c1-21-13(6-3-7-14(21)22)15(23)20-9-11-4-2-5-12(8-11)24-10-16(17,18)19/h2,4-5,8,13H,3,6-7,9-10H2,1H3,(H,20,23). The average molecular weight is 344 g/mol. The van der Waals surface area contributed by atoms with E-state index in [-0.39, 0.29) is 24.1 Å². The second-order valence-electron chi connectivity index (χ2n) is 5.68. The van der Waals surface area contributed by atoms with Gasteiger partial charge < -0.3 is 15.0 Å². The molecular weight excluding hydrogens is 325 g/mol. The Bertz CT molecular complexity index is 604. The Morgan fingerprint density at radius 3 is 2.88 bits per heavy atom. The van der Waals surface area contributed by atoms with Gasteiger partial charge in [-0.3, -0.25) is 9.59 Å². The third-order valence-electron chi connectivity index (χ3n) is 3.80. The van der Waals surface area contributed by atoms with Crippen LogP contribution in [0.5, 0.6) is 5.75 Å². The summed E-state index contributed by atoms with van der Waals surface area (Å²) in [7, 11) is 1.59. The molecule has 8 heteroatoms. The molecule has 0 radical (unpaired) electrons. The number of carbonyl (C=O) groups excluding carboxylic acids is 2. The maximum absolute atomic E-state index is 12.2. The maximum Gasteiger partial charge on any atom is 0.422 e. The number of benzene rings is 1. The molecule has 1 aromatic rings. The van der Waals surface area contributed by atoms with Crippen molar-refractivity contribution < 1.29 is 27.5 Å². The number of amides is 2. The fourth-order valence-corrected chi connectivity index (χ4v) is 2.51. The van der Waals surface area contributed by atoms with Crippen molar-refractivity contribution in [3.63, 3.8) is 0 Å². The van der Waals surface area contributed by atoms with Gasteiger partial charge in [-0.1, -0.05) is 12.1 Å². The lowest BCUT2D eigenvalue weighted by atomic mass is 10.0. The van der Waals surface area contributed by atoms with Crippen molar-refractivity contribution in [1.82, 2.24) is 10.2 Å². The van der Waals surface area contributed by atoms with Crippen LogP contribution < -0.4 is 10.1 Å². The summed E-state index contributed by atoms with van der Waals surface area (Å²) in [6, 6.07) is 5.60. The quantitative estimate of drug-likeness (QED) is 0.891. The van der Waals surface area contributed by atoms with Crippen LogP contribution in [0.3, 0.4) is 0 Å². The zero-order valence-electron chi connectivity index (χ0n) is 13.2. The molecule has 5 nitrogen and oxygen atoms in total. The maximum atomic E-state index is 12.2. The molecule has 1 fully saturated rings. The highest BCUT2D eigenvalue weighted by Crippen LogP contribution is 2.20. The number of nitrogens with zero attached hydrogens (tertiary/aromatic N) is 1. The van der Waals surface area contributed by atoms with Crippen LogP contribution >= 0.6 is 0 Å². The Balaban J connectivity index is 1.89. The SMILES string of the molecule is CN1C(=O)CCCC1C(=O)NCc1cccc(OCC(F)(F)F)c1. The van der Waals surface area contributed by atoms with Gasteiger partial charge in [0.1, 0.15) is 11.8 Å². The van der Waals surface area contributed by atoms with Crippen LogP contribution in [0, 0.1) is 0 Å². The molecule has 0 bridgehead atoms. The number of likely N-dealkylation sites (tertiary alicyclic amines) is 1. The summed E-state index contributed by atoms with van der Waals surface area (Å²) in [5.41, 5.74) is 0.618. The Morgan fingerprint density at radius 2 is 2.17 bits per heavy atom. The van der Waals surface area contributed by atoms with Gasteiger partial charge >= 0.3 is 6.18 Å². The molecule has 132 valence electrons. The molecule has 0 aliphatic carbocycles. The Kier molecular flexibility index (Phi) is 5.69. The van der Waals surface area contributed by atoms with E-state index >= 15 is 0 Å². The molecule has 0 spiro atoms. The predicted octanol–water partition coefficient (Wildman–Crippen LogP) is 2.25. The van der Waals surface area contributed by atoms with E-state index in [4.69, 9.17) is 0 Å². The first-order valence-electron chi connectivity index (χ1n) is 7.58. The van der Waals surface area contributed by atoms with Crippen LogP contribution in [0.2, 0.25) is 0 Å². The first-order valence-corrected chi connectivity index (χ1v) is 7.58. The van der Waals surface area contributed by atoms with Crippen molar-refractivity contribution in [3.05, 3.63) is 29.8 Å². The van der Waals surface area contributed by atoms with Crippen LogP contribution in [0.15, 0.2) is 24.3 Å². The van der Waals surface area contributed by atoms with Crippen molar-refractivity contribution in [2.45, 2.75) is 38.0 Å². The number of ether oxygens (including phenoxy) is 1.